The zero-order valence-corrected chi connectivity index (χ0v) is 9.67. The van der Waals surface area contributed by atoms with E-state index >= 15 is 0 Å². The van der Waals surface area contributed by atoms with E-state index < -0.39 is 0 Å². The van der Waals surface area contributed by atoms with Gasteiger partial charge in [-0.2, -0.15) is 0 Å². The van der Waals surface area contributed by atoms with Gasteiger partial charge in [-0.1, -0.05) is 0 Å². The summed E-state index contributed by atoms with van der Waals surface area (Å²) in [5.41, 5.74) is 7.14. The Bertz CT molecular complexity index is 317. The lowest BCUT2D eigenvalue weighted by molar-refractivity contribution is -0.0209. The lowest BCUT2D eigenvalue weighted by Crippen LogP contribution is -2.47. The summed E-state index contributed by atoms with van der Waals surface area (Å²) in [5, 5.41) is 0. The van der Waals surface area contributed by atoms with Gasteiger partial charge in [0.25, 0.3) is 0 Å². The van der Waals surface area contributed by atoms with Gasteiger partial charge < -0.3 is 10.5 Å². The predicted octanol–water partition coefficient (Wildman–Crippen LogP) is 0.802. The number of nitrogens with zero attached hydrogens (tertiary/aromatic N) is 2. The van der Waals surface area contributed by atoms with Gasteiger partial charge in [0.15, 0.2) is 0 Å². The molecule has 88 valence electrons. The number of morpholine rings is 1. The molecule has 1 aromatic heterocycles. The second-order valence-electron chi connectivity index (χ2n) is 4.19. The minimum atomic E-state index is 0.280. The van der Waals surface area contributed by atoms with Crippen molar-refractivity contribution in [3.05, 3.63) is 30.1 Å². The van der Waals surface area contributed by atoms with Crippen LogP contribution in [0.3, 0.4) is 0 Å². The number of aromatic nitrogens is 1. The van der Waals surface area contributed by atoms with E-state index in [1.165, 1.54) is 5.56 Å². The molecule has 0 bridgehead atoms. The van der Waals surface area contributed by atoms with Crippen LogP contribution in [0, 0.1) is 0 Å². The first-order valence-electron chi connectivity index (χ1n) is 5.76. The molecule has 0 amide bonds. The molecule has 1 saturated heterocycles. The van der Waals surface area contributed by atoms with E-state index in [1.54, 1.807) is 0 Å². The van der Waals surface area contributed by atoms with E-state index in [0.29, 0.717) is 12.6 Å². The van der Waals surface area contributed by atoms with Gasteiger partial charge in [0, 0.05) is 37.6 Å². The first kappa shape index (κ1) is 11.5. The van der Waals surface area contributed by atoms with Gasteiger partial charge in [-0.05, 0) is 24.6 Å². The van der Waals surface area contributed by atoms with Crippen molar-refractivity contribution in [1.29, 1.82) is 0 Å². The second-order valence-corrected chi connectivity index (χ2v) is 4.19. The third-order valence-corrected chi connectivity index (χ3v) is 3.13. The van der Waals surface area contributed by atoms with Gasteiger partial charge in [-0.25, -0.2) is 0 Å². The molecule has 4 nitrogen and oxygen atoms in total. The highest BCUT2D eigenvalue weighted by atomic mass is 16.5. The zero-order chi connectivity index (χ0) is 11.4. The third kappa shape index (κ3) is 2.40. The molecule has 0 aliphatic carbocycles. The number of hydrogen-bond donors (Lipinski definition) is 1. The van der Waals surface area contributed by atoms with E-state index in [4.69, 9.17) is 10.5 Å². The van der Waals surface area contributed by atoms with Crippen LogP contribution in [-0.4, -0.2) is 42.2 Å². The van der Waals surface area contributed by atoms with E-state index in [1.807, 2.05) is 24.5 Å². The minimum absolute atomic E-state index is 0.280. The van der Waals surface area contributed by atoms with Crippen molar-refractivity contribution < 1.29 is 4.74 Å². The molecule has 2 rings (SSSR count). The number of pyridine rings is 1. The van der Waals surface area contributed by atoms with Crippen LogP contribution in [0.25, 0.3) is 0 Å². The molecule has 0 saturated carbocycles. The molecule has 0 spiro atoms. The Morgan fingerprint density at radius 2 is 2.31 bits per heavy atom. The van der Waals surface area contributed by atoms with Crippen molar-refractivity contribution in [3.8, 4) is 0 Å². The molecule has 2 heterocycles. The smallest absolute Gasteiger partial charge is 0.0620 e. The van der Waals surface area contributed by atoms with Crippen molar-refractivity contribution in [3.63, 3.8) is 0 Å². The Labute approximate surface area is 96.4 Å². The highest BCUT2D eigenvalue weighted by molar-refractivity contribution is 5.16. The average molecular weight is 221 g/mol. The van der Waals surface area contributed by atoms with Crippen molar-refractivity contribution in [2.45, 2.75) is 19.0 Å². The van der Waals surface area contributed by atoms with Crippen LogP contribution in [0.15, 0.2) is 24.5 Å². The SMILES string of the molecule is CC1COCCN1C(CN)c1ccncc1. The summed E-state index contributed by atoms with van der Waals surface area (Å²) < 4.78 is 5.45. The van der Waals surface area contributed by atoms with Crippen LogP contribution >= 0.6 is 0 Å². The second kappa shape index (κ2) is 5.39. The molecule has 4 heteroatoms. The lowest BCUT2D eigenvalue weighted by atomic mass is 10.0. The summed E-state index contributed by atoms with van der Waals surface area (Å²) in [6.07, 6.45) is 3.65. The fraction of sp³-hybridized carbons (Fsp3) is 0.583. The summed E-state index contributed by atoms with van der Waals surface area (Å²) in [4.78, 5) is 6.46. The van der Waals surface area contributed by atoms with Gasteiger partial charge in [-0.15, -0.1) is 0 Å². The molecular weight excluding hydrogens is 202 g/mol. The van der Waals surface area contributed by atoms with Crippen molar-refractivity contribution in [2.24, 2.45) is 5.73 Å². The topological polar surface area (TPSA) is 51.4 Å². The molecule has 0 aromatic carbocycles. The van der Waals surface area contributed by atoms with Gasteiger partial charge >= 0.3 is 0 Å². The summed E-state index contributed by atoms with van der Waals surface area (Å²) in [7, 11) is 0. The quantitative estimate of drug-likeness (QED) is 0.820. The lowest BCUT2D eigenvalue weighted by Gasteiger charge is -2.39. The summed E-state index contributed by atoms with van der Waals surface area (Å²) in [5.74, 6) is 0. The average Bonchev–Trinajstić information content (AvgIpc) is 2.34. The van der Waals surface area contributed by atoms with Gasteiger partial charge in [0.05, 0.1) is 13.2 Å². The van der Waals surface area contributed by atoms with E-state index in [-0.39, 0.29) is 6.04 Å². The molecule has 2 atom stereocenters. The normalized spacial score (nSPS) is 24.2. The van der Waals surface area contributed by atoms with Crippen molar-refractivity contribution in [1.82, 2.24) is 9.88 Å². The predicted molar refractivity (Wildman–Crippen MR) is 63.0 cm³/mol. The Hall–Kier alpha value is -0.970. The maximum absolute atomic E-state index is 5.89. The summed E-state index contributed by atoms with van der Waals surface area (Å²) >= 11 is 0. The first-order chi connectivity index (χ1) is 7.83. The van der Waals surface area contributed by atoms with Crippen molar-refractivity contribution >= 4 is 0 Å². The Morgan fingerprint density at radius 1 is 1.56 bits per heavy atom. The standard InChI is InChI=1S/C12H19N3O/c1-10-9-16-7-6-15(10)12(8-13)11-2-4-14-5-3-11/h2-5,10,12H,6-9,13H2,1H3. The molecular formula is C12H19N3O. The molecule has 2 N–H and O–H groups in total. The largest absolute Gasteiger partial charge is 0.379 e. The Morgan fingerprint density at radius 3 is 2.94 bits per heavy atom. The number of hydrogen-bond acceptors (Lipinski definition) is 4. The summed E-state index contributed by atoms with van der Waals surface area (Å²) in [6, 6.07) is 4.79. The monoisotopic (exact) mass is 221 g/mol. The van der Waals surface area contributed by atoms with Gasteiger partial charge in [-0.3, -0.25) is 9.88 Å². The Kier molecular flexibility index (Phi) is 3.88. The first-order valence-corrected chi connectivity index (χ1v) is 5.76. The number of nitrogens with two attached hydrogens (primary N) is 1. The van der Waals surface area contributed by atoms with Crippen LogP contribution in [-0.2, 0) is 4.74 Å². The van der Waals surface area contributed by atoms with Gasteiger partial charge in [0.2, 0.25) is 0 Å². The molecule has 0 radical (unpaired) electrons. The molecule has 1 aliphatic heterocycles. The van der Waals surface area contributed by atoms with E-state index in [2.05, 4.69) is 16.8 Å². The van der Waals surface area contributed by atoms with Gasteiger partial charge in [0.1, 0.15) is 0 Å². The maximum atomic E-state index is 5.89. The highest BCUT2D eigenvalue weighted by Gasteiger charge is 2.26. The minimum Gasteiger partial charge on any atom is -0.379 e. The van der Waals surface area contributed by atoms with Crippen LogP contribution < -0.4 is 5.73 Å². The maximum Gasteiger partial charge on any atom is 0.0620 e. The molecule has 2 unspecified atom stereocenters. The van der Waals surface area contributed by atoms with Crippen molar-refractivity contribution in [2.75, 3.05) is 26.3 Å². The number of rotatable bonds is 3. The molecule has 16 heavy (non-hydrogen) atoms. The van der Waals surface area contributed by atoms with E-state index in [0.717, 1.165) is 19.8 Å². The molecule has 1 fully saturated rings. The third-order valence-electron chi connectivity index (χ3n) is 3.13. The zero-order valence-electron chi connectivity index (χ0n) is 9.67. The summed E-state index contributed by atoms with van der Waals surface area (Å²) in [6.45, 7) is 5.36. The molecule has 1 aliphatic rings. The van der Waals surface area contributed by atoms with Crippen LogP contribution in [0.1, 0.15) is 18.5 Å². The van der Waals surface area contributed by atoms with E-state index in [9.17, 15) is 0 Å². The number of ether oxygens (including phenoxy) is 1. The highest BCUT2D eigenvalue weighted by Crippen LogP contribution is 2.23. The Balaban J connectivity index is 2.15. The molecule has 1 aromatic rings. The van der Waals surface area contributed by atoms with Crippen LogP contribution in [0.5, 0.6) is 0 Å². The fourth-order valence-corrected chi connectivity index (χ4v) is 2.25. The van der Waals surface area contributed by atoms with Crippen LogP contribution in [0.2, 0.25) is 0 Å². The van der Waals surface area contributed by atoms with Crippen LogP contribution in [0.4, 0.5) is 0 Å². The fourth-order valence-electron chi connectivity index (χ4n) is 2.25.